The number of carbonyl (C=O) groups is 2. The Bertz CT molecular complexity index is 749. The number of nitrogens with zero attached hydrogens (tertiary/aromatic N) is 2. The first-order valence-corrected chi connectivity index (χ1v) is 8.38. The molecule has 1 unspecified atom stereocenters. The first-order valence-electron chi connectivity index (χ1n) is 8.38. The molecule has 1 saturated heterocycles. The fraction of sp³-hybridized carbons (Fsp3) is 0.316. The number of carbonyl (C=O) groups excluding carboxylic acids is 2. The van der Waals surface area contributed by atoms with Crippen molar-refractivity contribution in [1.82, 2.24) is 10.3 Å². The van der Waals surface area contributed by atoms with Gasteiger partial charge >= 0.3 is 0 Å². The van der Waals surface area contributed by atoms with Gasteiger partial charge in [0.25, 0.3) is 5.91 Å². The number of rotatable bonds is 6. The highest BCUT2D eigenvalue weighted by molar-refractivity contribution is 5.94. The van der Waals surface area contributed by atoms with Crippen LogP contribution in [0, 0.1) is 0 Å². The average Bonchev–Trinajstić information content (AvgIpc) is 3.07. The second-order valence-electron chi connectivity index (χ2n) is 5.96. The molecule has 6 nitrogen and oxygen atoms in total. The predicted octanol–water partition coefficient (Wildman–Crippen LogP) is 2.29. The summed E-state index contributed by atoms with van der Waals surface area (Å²) in [5.41, 5.74) is 0.893. The van der Waals surface area contributed by atoms with Crippen LogP contribution in [0.15, 0.2) is 48.7 Å². The lowest BCUT2D eigenvalue weighted by Crippen LogP contribution is -2.36. The zero-order valence-corrected chi connectivity index (χ0v) is 14.1. The van der Waals surface area contributed by atoms with Crippen LogP contribution in [-0.4, -0.2) is 29.4 Å². The second-order valence-corrected chi connectivity index (χ2v) is 5.96. The van der Waals surface area contributed by atoms with Gasteiger partial charge in [0.2, 0.25) is 5.91 Å². The smallest absolute Gasteiger partial charge is 0.261 e. The van der Waals surface area contributed by atoms with Crippen molar-refractivity contribution < 1.29 is 14.3 Å². The van der Waals surface area contributed by atoms with Crippen LogP contribution in [0.1, 0.15) is 25.3 Å². The summed E-state index contributed by atoms with van der Waals surface area (Å²) in [5, 5.41) is 2.85. The predicted molar refractivity (Wildman–Crippen MR) is 94.2 cm³/mol. The van der Waals surface area contributed by atoms with Crippen LogP contribution in [0.25, 0.3) is 0 Å². The maximum atomic E-state index is 12.2. The number of hydrogen-bond acceptors (Lipinski definition) is 4. The number of pyridine rings is 1. The van der Waals surface area contributed by atoms with Gasteiger partial charge in [-0.1, -0.05) is 18.2 Å². The van der Waals surface area contributed by atoms with Gasteiger partial charge in [-0.05, 0) is 43.2 Å². The van der Waals surface area contributed by atoms with Gasteiger partial charge in [0.15, 0.2) is 6.10 Å². The summed E-state index contributed by atoms with van der Waals surface area (Å²) in [6, 6.07) is 12.9. The molecule has 0 bridgehead atoms. The van der Waals surface area contributed by atoms with Crippen LogP contribution in [-0.2, 0) is 16.1 Å². The summed E-state index contributed by atoms with van der Waals surface area (Å²) in [5.74, 6) is 1.20. The van der Waals surface area contributed by atoms with E-state index in [0.29, 0.717) is 31.1 Å². The zero-order chi connectivity index (χ0) is 17.6. The minimum Gasteiger partial charge on any atom is -0.481 e. The third kappa shape index (κ3) is 4.35. The number of aromatic nitrogens is 1. The van der Waals surface area contributed by atoms with E-state index in [1.165, 1.54) is 0 Å². The van der Waals surface area contributed by atoms with Crippen LogP contribution in [0.5, 0.6) is 5.75 Å². The maximum Gasteiger partial charge on any atom is 0.261 e. The monoisotopic (exact) mass is 339 g/mol. The van der Waals surface area contributed by atoms with Crippen LogP contribution in [0.3, 0.4) is 0 Å². The summed E-state index contributed by atoms with van der Waals surface area (Å²) < 4.78 is 5.61. The van der Waals surface area contributed by atoms with Crippen molar-refractivity contribution >= 4 is 17.6 Å². The minimum atomic E-state index is -0.594. The lowest BCUT2D eigenvalue weighted by molar-refractivity contribution is -0.127. The standard InChI is InChI=1S/C19H21N3O3/c1-14(25-16-6-3-2-4-7-16)19(24)21-13-15-9-10-20-17(12-15)22-11-5-8-18(22)23/h2-4,6-7,9-10,12,14H,5,8,11,13H2,1H3,(H,21,24). The van der Waals surface area contributed by atoms with E-state index in [0.717, 1.165) is 12.0 Å². The molecule has 1 aromatic carbocycles. The van der Waals surface area contributed by atoms with Crippen LogP contribution in [0.2, 0.25) is 0 Å². The molecule has 3 rings (SSSR count). The molecule has 1 aliphatic rings. The van der Waals surface area contributed by atoms with Gasteiger partial charge in [-0.3, -0.25) is 14.5 Å². The molecule has 2 amide bonds. The number of amides is 2. The topological polar surface area (TPSA) is 71.5 Å². The Morgan fingerprint density at radius 1 is 1.32 bits per heavy atom. The Kier molecular flexibility index (Phi) is 5.28. The SMILES string of the molecule is CC(Oc1ccccc1)C(=O)NCc1ccnc(N2CCCC2=O)c1. The van der Waals surface area contributed by atoms with Gasteiger partial charge in [0, 0.05) is 25.7 Å². The van der Waals surface area contributed by atoms with E-state index in [4.69, 9.17) is 4.74 Å². The molecule has 6 heteroatoms. The number of hydrogen-bond donors (Lipinski definition) is 1. The number of ether oxygens (including phenoxy) is 1. The molecule has 1 N–H and O–H groups in total. The summed E-state index contributed by atoms with van der Waals surface area (Å²) in [7, 11) is 0. The van der Waals surface area contributed by atoms with Gasteiger partial charge in [-0.25, -0.2) is 4.98 Å². The molecule has 0 spiro atoms. The number of nitrogens with one attached hydrogen (secondary N) is 1. The minimum absolute atomic E-state index is 0.0959. The third-order valence-electron chi connectivity index (χ3n) is 4.05. The number of anilines is 1. The number of benzene rings is 1. The average molecular weight is 339 g/mol. The fourth-order valence-corrected chi connectivity index (χ4v) is 2.70. The maximum absolute atomic E-state index is 12.2. The molecule has 130 valence electrons. The van der Waals surface area contributed by atoms with Crippen molar-refractivity contribution in [2.75, 3.05) is 11.4 Å². The normalized spacial score (nSPS) is 15.1. The molecular weight excluding hydrogens is 318 g/mol. The van der Waals surface area contributed by atoms with E-state index in [9.17, 15) is 9.59 Å². The van der Waals surface area contributed by atoms with E-state index in [1.54, 1.807) is 18.0 Å². The van der Waals surface area contributed by atoms with E-state index in [-0.39, 0.29) is 11.8 Å². The quantitative estimate of drug-likeness (QED) is 0.876. The van der Waals surface area contributed by atoms with Crippen molar-refractivity contribution in [3.8, 4) is 5.75 Å². The van der Waals surface area contributed by atoms with Crippen molar-refractivity contribution in [3.63, 3.8) is 0 Å². The highest BCUT2D eigenvalue weighted by atomic mass is 16.5. The Labute approximate surface area is 146 Å². The molecule has 0 aliphatic carbocycles. The van der Waals surface area contributed by atoms with E-state index in [1.807, 2.05) is 42.5 Å². The van der Waals surface area contributed by atoms with Gasteiger partial charge in [0.05, 0.1) is 0 Å². The Morgan fingerprint density at radius 3 is 2.84 bits per heavy atom. The lowest BCUT2D eigenvalue weighted by Gasteiger charge is -2.16. The highest BCUT2D eigenvalue weighted by Crippen LogP contribution is 2.19. The summed E-state index contributed by atoms with van der Waals surface area (Å²) >= 11 is 0. The summed E-state index contributed by atoms with van der Waals surface area (Å²) in [6.45, 7) is 2.77. The third-order valence-corrected chi connectivity index (χ3v) is 4.05. The van der Waals surface area contributed by atoms with Crippen molar-refractivity contribution in [2.45, 2.75) is 32.4 Å². The lowest BCUT2D eigenvalue weighted by atomic mass is 10.2. The van der Waals surface area contributed by atoms with Gasteiger partial charge < -0.3 is 10.1 Å². The van der Waals surface area contributed by atoms with Crippen LogP contribution in [0.4, 0.5) is 5.82 Å². The molecule has 0 radical (unpaired) electrons. The highest BCUT2D eigenvalue weighted by Gasteiger charge is 2.22. The van der Waals surface area contributed by atoms with E-state index in [2.05, 4.69) is 10.3 Å². The molecule has 1 atom stereocenters. The van der Waals surface area contributed by atoms with Crippen molar-refractivity contribution in [3.05, 3.63) is 54.2 Å². The Hall–Kier alpha value is -2.89. The first kappa shape index (κ1) is 17.0. The molecular formula is C19H21N3O3. The molecule has 2 aromatic rings. The number of para-hydroxylation sites is 1. The Balaban J connectivity index is 1.56. The molecule has 1 aliphatic heterocycles. The second kappa shape index (κ2) is 7.79. The van der Waals surface area contributed by atoms with E-state index < -0.39 is 6.10 Å². The summed E-state index contributed by atoms with van der Waals surface area (Å²) in [6.07, 6.45) is 2.49. The molecule has 1 fully saturated rings. The van der Waals surface area contributed by atoms with Crippen molar-refractivity contribution in [1.29, 1.82) is 0 Å². The fourth-order valence-electron chi connectivity index (χ4n) is 2.70. The molecule has 25 heavy (non-hydrogen) atoms. The first-order chi connectivity index (χ1) is 12.1. The Morgan fingerprint density at radius 2 is 2.12 bits per heavy atom. The van der Waals surface area contributed by atoms with Gasteiger partial charge in [-0.15, -0.1) is 0 Å². The van der Waals surface area contributed by atoms with Crippen LogP contribution >= 0.6 is 0 Å². The molecule has 0 saturated carbocycles. The summed E-state index contributed by atoms with van der Waals surface area (Å²) in [4.78, 5) is 30.0. The van der Waals surface area contributed by atoms with Gasteiger partial charge in [0.1, 0.15) is 11.6 Å². The zero-order valence-electron chi connectivity index (χ0n) is 14.1. The van der Waals surface area contributed by atoms with Crippen molar-refractivity contribution in [2.24, 2.45) is 0 Å². The van der Waals surface area contributed by atoms with Crippen LogP contribution < -0.4 is 15.0 Å². The van der Waals surface area contributed by atoms with Gasteiger partial charge in [-0.2, -0.15) is 0 Å². The molecule has 1 aromatic heterocycles. The molecule has 2 heterocycles. The van der Waals surface area contributed by atoms with E-state index >= 15 is 0 Å². The largest absolute Gasteiger partial charge is 0.481 e.